The van der Waals surface area contributed by atoms with Crippen molar-refractivity contribution in [2.24, 2.45) is 0 Å². The molecule has 3 aromatic rings. The second-order valence-electron chi connectivity index (χ2n) is 6.64. The van der Waals surface area contributed by atoms with Gasteiger partial charge in [-0.15, -0.1) is 0 Å². The van der Waals surface area contributed by atoms with Crippen LogP contribution in [0.25, 0.3) is 0 Å². The number of aromatic nitrogens is 1. The number of methoxy groups -OCH3 is 1. The van der Waals surface area contributed by atoms with Crippen LogP contribution >= 0.6 is 0 Å². The van der Waals surface area contributed by atoms with Crippen LogP contribution in [-0.2, 0) is 16.4 Å². The molecule has 0 N–H and O–H groups in total. The molecule has 0 amide bonds. The average molecular weight is 401 g/mol. The van der Waals surface area contributed by atoms with E-state index in [9.17, 15) is 8.42 Å². The summed E-state index contributed by atoms with van der Waals surface area (Å²) < 4.78 is 38.6. The summed E-state index contributed by atoms with van der Waals surface area (Å²) in [4.78, 5) is 0.257. The third-order valence-corrected chi connectivity index (χ3v) is 6.56. The van der Waals surface area contributed by atoms with Gasteiger partial charge in [-0.25, -0.2) is 8.42 Å². The van der Waals surface area contributed by atoms with E-state index in [1.165, 1.54) is 4.31 Å². The van der Waals surface area contributed by atoms with E-state index >= 15 is 0 Å². The van der Waals surface area contributed by atoms with Crippen LogP contribution in [0.2, 0.25) is 0 Å². The van der Waals surface area contributed by atoms with Gasteiger partial charge in [-0.2, -0.15) is 0 Å². The van der Waals surface area contributed by atoms with Gasteiger partial charge in [0.25, 0.3) is 10.0 Å². The predicted octanol–water partition coefficient (Wildman–Crippen LogP) is 4.05. The molecule has 0 aliphatic carbocycles. The summed E-state index contributed by atoms with van der Waals surface area (Å²) in [7, 11) is -2.15. The highest BCUT2D eigenvalue weighted by Crippen LogP contribution is 2.27. The summed E-state index contributed by atoms with van der Waals surface area (Å²) in [5.41, 5.74) is 3.29. The van der Waals surface area contributed by atoms with Crippen molar-refractivity contribution in [1.29, 1.82) is 0 Å². The molecule has 0 aliphatic heterocycles. The molecule has 1 aromatic heterocycles. The van der Waals surface area contributed by atoms with Crippen molar-refractivity contribution in [2.75, 3.05) is 18.0 Å². The molecule has 0 atom stereocenters. The number of sulfonamides is 1. The fraction of sp³-hybridized carbons (Fsp3) is 0.286. The van der Waals surface area contributed by atoms with Crippen LogP contribution in [0.1, 0.15) is 22.6 Å². The second kappa shape index (κ2) is 8.06. The highest BCUT2D eigenvalue weighted by atomic mass is 32.2. The zero-order chi connectivity index (χ0) is 20.3. The minimum atomic E-state index is -3.73. The Morgan fingerprint density at radius 3 is 2.18 bits per heavy atom. The van der Waals surface area contributed by atoms with Gasteiger partial charge in [-0.05, 0) is 63.6 Å². The van der Waals surface area contributed by atoms with Gasteiger partial charge in [0.1, 0.15) is 11.5 Å². The van der Waals surface area contributed by atoms with Crippen molar-refractivity contribution in [3.63, 3.8) is 0 Å². The molecule has 0 radical (unpaired) electrons. The number of benzene rings is 2. The number of aryl methyl sites for hydroxylation is 3. The Labute approximate surface area is 165 Å². The number of hydrogen-bond donors (Lipinski definition) is 0. The molecule has 0 saturated carbocycles. The van der Waals surface area contributed by atoms with E-state index in [1.807, 2.05) is 20.8 Å². The molecule has 0 unspecified atom stereocenters. The fourth-order valence-electron chi connectivity index (χ4n) is 3.05. The maximum absolute atomic E-state index is 13.4. The summed E-state index contributed by atoms with van der Waals surface area (Å²) in [5, 5.41) is 3.96. The molecule has 1 heterocycles. The monoisotopic (exact) mass is 400 g/mol. The quantitative estimate of drug-likeness (QED) is 0.598. The first-order valence-electron chi connectivity index (χ1n) is 8.98. The molecule has 7 heteroatoms. The minimum Gasteiger partial charge on any atom is -0.497 e. The molecule has 0 aliphatic rings. The van der Waals surface area contributed by atoms with Crippen molar-refractivity contribution in [3.8, 4) is 5.75 Å². The van der Waals surface area contributed by atoms with Crippen molar-refractivity contribution in [2.45, 2.75) is 32.1 Å². The van der Waals surface area contributed by atoms with Gasteiger partial charge in [0.2, 0.25) is 0 Å². The first-order chi connectivity index (χ1) is 13.3. The van der Waals surface area contributed by atoms with E-state index in [4.69, 9.17) is 9.26 Å². The lowest BCUT2D eigenvalue weighted by atomic mass is 10.1. The number of rotatable bonds is 7. The van der Waals surface area contributed by atoms with Crippen molar-refractivity contribution in [3.05, 3.63) is 71.1 Å². The summed E-state index contributed by atoms with van der Waals surface area (Å²) >= 11 is 0. The number of nitrogens with zero attached hydrogens (tertiary/aromatic N) is 2. The average Bonchev–Trinajstić information content (AvgIpc) is 3.01. The largest absolute Gasteiger partial charge is 0.497 e. The molecule has 0 bridgehead atoms. The van der Waals surface area contributed by atoms with E-state index in [2.05, 4.69) is 5.16 Å². The lowest BCUT2D eigenvalue weighted by Gasteiger charge is -2.25. The van der Waals surface area contributed by atoms with E-state index in [0.29, 0.717) is 23.6 Å². The maximum Gasteiger partial charge on any atom is 0.264 e. The Kier molecular flexibility index (Phi) is 5.74. The smallest absolute Gasteiger partial charge is 0.264 e. The number of ether oxygens (including phenoxy) is 1. The normalized spacial score (nSPS) is 11.4. The lowest BCUT2D eigenvalue weighted by Crippen LogP contribution is -2.33. The fourth-order valence-corrected chi connectivity index (χ4v) is 4.51. The van der Waals surface area contributed by atoms with Gasteiger partial charge >= 0.3 is 0 Å². The molecule has 0 saturated heterocycles. The number of anilines is 1. The first kappa shape index (κ1) is 19.9. The first-order valence-corrected chi connectivity index (χ1v) is 10.4. The van der Waals surface area contributed by atoms with Crippen LogP contribution in [-0.4, -0.2) is 27.2 Å². The Bertz CT molecular complexity index is 1020. The second-order valence-corrected chi connectivity index (χ2v) is 8.50. The van der Waals surface area contributed by atoms with Crippen molar-refractivity contribution < 1.29 is 17.7 Å². The third kappa shape index (κ3) is 4.04. The molecule has 2 aromatic carbocycles. The Morgan fingerprint density at radius 1 is 1.00 bits per heavy atom. The van der Waals surface area contributed by atoms with Gasteiger partial charge in [0.05, 0.1) is 23.4 Å². The third-order valence-electron chi connectivity index (χ3n) is 4.72. The van der Waals surface area contributed by atoms with Crippen molar-refractivity contribution >= 4 is 15.7 Å². The zero-order valence-corrected chi connectivity index (χ0v) is 17.3. The molecule has 28 heavy (non-hydrogen) atoms. The van der Waals surface area contributed by atoms with Crippen LogP contribution in [0.4, 0.5) is 5.69 Å². The highest BCUT2D eigenvalue weighted by molar-refractivity contribution is 7.92. The predicted molar refractivity (Wildman–Crippen MR) is 108 cm³/mol. The Balaban J connectivity index is 1.98. The van der Waals surface area contributed by atoms with Crippen LogP contribution in [0, 0.1) is 20.8 Å². The lowest BCUT2D eigenvalue weighted by molar-refractivity contribution is 0.392. The zero-order valence-electron chi connectivity index (χ0n) is 16.5. The van der Waals surface area contributed by atoms with Gasteiger partial charge in [0, 0.05) is 12.1 Å². The molecule has 148 valence electrons. The Morgan fingerprint density at radius 2 is 1.64 bits per heavy atom. The standard InChI is InChI=1S/C21H24N2O4S/c1-15-5-11-20(12-6-15)28(24,25)23(18-7-9-19(26-4)10-8-18)14-13-21-16(2)22-27-17(21)3/h5-12H,13-14H2,1-4H3. The SMILES string of the molecule is COc1ccc(N(CCc2c(C)noc2C)S(=O)(=O)c2ccc(C)cc2)cc1. The summed E-state index contributed by atoms with van der Waals surface area (Å²) in [6, 6.07) is 13.9. The minimum absolute atomic E-state index is 0.257. The van der Waals surface area contributed by atoms with Crippen LogP contribution in [0.5, 0.6) is 5.75 Å². The van der Waals surface area contributed by atoms with Gasteiger partial charge in [0.15, 0.2) is 0 Å². The number of hydrogen-bond acceptors (Lipinski definition) is 5. The molecule has 6 nitrogen and oxygen atoms in total. The summed E-state index contributed by atoms with van der Waals surface area (Å²) in [6.07, 6.45) is 0.498. The molecule has 0 fully saturated rings. The summed E-state index contributed by atoms with van der Waals surface area (Å²) in [5.74, 6) is 1.38. The highest BCUT2D eigenvalue weighted by Gasteiger charge is 2.25. The van der Waals surface area contributed by atoms with E-state index in [0.717, 1.165) is 16.8 Å². The Hall–Kier alpha value is -2.80. The summed E-state index contributed by atoms with van der Waals surface area (Å²) in [6.45, 7) is 5.89. The van der Waals surface area contributed by atoms with E-state index in [1.54, 1.807) is 55.6 Å². The van der Waals surface area contributed by atoms with Gasteiger partial charge < -0.3 is 9.26 Å². The molecule has 0 spiro atoms. The molecular weight excluding hydrogens is 376 g/mol. The maximum atomic E-state index is 13.4. The van der Waals surface area contributed by atoms with Gasteiger partial charge in [-0.1, -0.05) is 22.9 Å². The van der Waals surface area contributed by atoms with E-state index < -0.39 is 10.0 Å². The molecular formula is C21H24N2O4S. The van der Waals surface area contributed by atoms with Crippen LogP contribution in [0.15, 0.2) is 57.9 Å². The van der Waals surface area contributed by atoms with E-state index in [-0.39, 0.29) is 11.4 Å². The van der Waals surface area contributed by atoms with Crippen LogP contribution < -0.4 is 9.04 Å². The van der Waals surface area contributed by atoms with Gasteiger partial charge in [-0.3, -0.25) is 4.31 Å². The topological polar surface area (TPSA) is 72.6 Å². The molecule has 3 rings (SSSR count). The van der Waals surface area contributed by atoms with Crippen molar-refractivity contribution in [1.82, 2.24) is 5.16 Å². The van der Waals surface area contributed by atoms with Crippen LogP contribution in [0.3, 0.4) is 0 Å².